The van der Waals surface area contributed by atoms with E-state index in [0.29, 0.717) is 0 Å². The molecule has 0 bridgehead atoms. The first-order valence-corrected chi connectivity index (χ1v) is 8.38. The molecule has 1 aliphatic heterocycles. The summed E-state index contributed by atoms with van der Waals surface area (Å²) in [4.78, 5) is 2.30. The highest BCUT2D eigenvalue weighted by Crippen LogP contribution is 2.27. The predicted octanol–water partition coefficient (Wildman–Crippen LogP) is 3.04. The first-order chi connectivity index (χ1) is 11.2. The van der Waals surface area contributed by atoms with E-state index >= 15 is 0 Å². The van der Waals surface area contributed by atoms with Crippen molar-refractivity contribution in [2.24, 2.45) is 0 Å². The summed E-state index contributed by atoms with van der Waals surface area (Å²) >= 11 is 6.03. The minimum Gasteiger partial charge on any atom is -0.373 e. The molecule has 124 valence electrons. The van der Waals surface area contributed by atoms with Gasteiger partial charge in [0.15, 0.2) is 0 Å². The van der Waals surface area contributed by atoms with E-state index in [2.05, 4.69) is 41.4 Å². The van der Waals surface area contributed by atoms with Gasteiger partial charge in [-0.15, -0.1) is 0 Å². The van der Waals surface area contributed by atoms with Gasteiger partial charge in [0.2, 0.25) is 0 Å². The Morgan fingerprint density at radius 1 is 1.39 bits per heavy atom. The van der Waals surface area contributed by atoms with Crippen molar-refractivity contribution in [3.63, 3.8) is 0 Å². The number of nitrogens with one attached hydrogen (secondary N) is 1. The van der Waals surface area contributed by atoms with E-state index in [4.69, 9.17) is 16.3 Å². The molecular formula is C17H23ClN4O. The quantitative estimate of drug-likeness (QED) is 0.912. The zero-order valence-electron chi connectivity index (χ0n) is 13.6. The highest BCUT2D eigenvalue weighted by atomic mass is 35.5. The van der Waals surface area contributed by atoms with Crippen LogP contribution in [0, 0.1) is 0 Å². The molecule has 0 saturated carbocycles. The van der Waals surface area contributed by atoms with Gasteiger partial charge in [-0.25, -0.2) is 0 Å². The van der Waals surface area contributed by atoms with Crippen molar-refractivity contribution in [3.05, 3.63) is 47.2 Å². The lowest BCUT2D eigenvalue weighted by molar-refractivity contribution is -0.0291. The lowest BCUT2D eigenvalue weighted by Gasteiger charge is -2.36. The van der Waals surface area contributed by atoms with E-state index in [1.54, 1.807) is 0 Å². The largest absolute Gasteiger partial charge is 0.373 e. The van der Waals surface area contributed by atoms with E-state index in [0.717, 1.165) is 37.0 Å². The lowest BCUT2D eigenvalue weighted by Crippen LogP contribution is -2.44. The molecule has 23 heavy (non-hydrogen) atoms. The highest BCUT2D eigenvalue weighted by molar-refractivity contribution is 6.30. The molecule has 2 atom stereocenters. The molecule has 1 fully saturated rings. The Morgan fingerprint density at radius 3 is 2.83 bits per heavy atom. The number of nitrogens with zero attached hydrogens (tertiary/aromatic N) is 3. The van der Waals surface area contributed by atoms with Crippen LogP contribution in [0.2, 0.25) is 5.02 Å². The van der Waals surface area contributed by atoms with Crippen LogP contribution in [0.15, 0.2) is 36.7 Å². The van der Waals surface area contributed by atoms with Crippen LogP contribution in [-0.4, -0.2) is 47.5 Å². The third kappa shape index (κ3) is 4.05. The number of hydrogen-bond donors (Lipinski definition) is 1. The number of morpholine rings is 1. The first-order valence-electron chi connectivity index (χ1n) is 8.00. The number of rotatable bonds is 5. The van der Waals surface area contributed by atoms with Gasteiger partial charge in [-0.1, -0.05) is 23.7 Å². The molecule has 1 aliphatic rings. The van der Waals surface area contributed by atoms with Gasteiger partial charge in [0.25, 0.3) is 0 Å². The van der Waals surface area contributed by atoms with E-state index in [9.17, 15) is 0 Å². The number of ether oxygens (including phenoxy) is 1. The summed E-state index contributed by atoms with van der Waals surface area (Å²) in [5.74, 6) is 0. The Balaban J connectivity index is 1.84. The Bertz CT molecular complexity index is 628. The Morgan fingerprint density at radius 2 is 2.17 bits per heavy atom. The van der Waals surface area contributed by atoms with Gasteiger partial charge in [-0.3, -0.25) is 4.68 Å². The molecule has 0 aliphatic carbocycles. The average molecular weight is 335 g/mol. The van der Waals surface area contributed by atoms with E-state index in [-0.39, 0.29) is 12.1 Å². The minimum absolute atomic E-state index is 0.0597. The maximum absolute atomic E-state index is 6.04. The molecule has 2 heterocycles. The summed E-state index contributed by atoms with van der Waals surface area (Å²) < 4.78 is 7.95. The number of anilines is 1. The third-order valence-corrected chi connectivity index (χ3v) is 4.43. The zero-order chi connectivity index (χ0) is 16.2. The Hall–Kier alpha value is -1.56. The predicted molar refractivity (Wildman–Crippen MR) is 93.0 cm³/mol. The fourth-order valence-corrected chi connectivity index (χ4v) is 2.99. The van der Waals surface area contributed by atoms with Crippen LogP contribution in [-0.2, 0) is 11.3 Å². The van der Waals surface area contributed by atoms with Crippen molar-refractivity contribution in [1.29, 1.82) is 0 Å². The molecule has 1 aromatic heterocycles. The second-order valence-corrected chi connectivity index (χ2v) is 6.37. The van der Waals surface area contributed by atoms with Crippen LogP contribution >= 0.6 is 11.6 Å². The number of hydrogen-bond acceptors (Lipinski definition) is 4. The van der Waals surface area contributed by atoms with Crippen molar-refractivity contribution < 1.29 is 4.74 Å². The molecule has 2 aromatic rings. The molecule has 0 unspecified atom stereocenters. The van der Waals surface area contributed by atoms with E-state index in [1.807, 2.05) is 29.2 Å². The second kappa shape index (κ2) is 7.34. The number of benzene rings is 1. The molecule has 1 saturated heterocycles. The number of aryl methyl sites for hydroxylation is 1. The standard InChI is InChI=1S/C17H23ClN4O/c1-3-22-11-15(10-19-22)20-17(13-4-6-14(18)7-5-13)16-12-21(2)8-9-23-16/h4-7,10-11,16-17,20H,3,8-9,12H2,1-2H3/t16-,17-/m0/s1. The molecule has 0 radical (unpaired) electrons. The molecular weight excluding hydrogens is 312 g/mol. The smallest absolute Gasteiger partial charge is 0.0945 e. The van der Waals surface area contributed by atoms with Crippen LogP contribution in [0.1, 0.15) is 18.5 Å². The first kappa shape index (κ1) is 16.3. The van der Waals surface area contributed by atoms with Gasteiger partial charge in [0.1, 0.15) is 0 Å². The number of likely N-dealkylation sites (N-methyl/N-ethyl adjacent to an activating group) is 1. The van der Waals surface area contributed by atoms with Crippen LogP contribution in [0.3, 0.4) is 0 Å². The molecule has 1 aromatic carbocycles. The molecule has 1 N–H and O–H groups in total. The Labute approximate surface area is 142 Å². The van der Waals surface area contributed by atoms with E-state index in [1.165, 1.54) is 5.56 Å². The van der Waals surface area contributed by atoms with Gasteiger partial charge in [-0.2, -0.15) is 5.10 Å². The normalized spacial score (nSPS) is 20.4. The highest BCUT2D eigenvalue weighted by Gasteiger charge is 2.28. The lowest BCUT2D eigenvalue weighted by atomic mass is 10.00. The molecule has 0 amide bonds. The summed E-state index contributed by atoms with van der Waals surface area (Å²) in [5.41, 5.74) is 2.17. The summed E-state index contributed by atoms with van der Waals surface area (Å²) in [5, 5.41) is 8.66. The number of halogens is 1. The topological polar surface area (TPSA) is 42.3 Å². The maximum atomic E-state index is 6.04. The Kier molecular flexibility index (Phi) is 5.20. The molecule has 5 nitrogen and oxygen atoms in total. The SMILES string of the molecule is CCn1cc(N[C@@H](c2ccc(Cl)cc2)[C@@H]2CN(C)CCO2)cn1. The zero-order valence-corrected chi connectivity index (χ0v) is 14.3. The van der Waals surface area contributed by atoms with Crippen LogP contribution in [0.4, 0.5) is 5.69 Å². The van der Waals surface area contributed by atoms with Crippen LogP contribution in [0.5, 0.6) is 0 Å². The monoisotopic (exact) mass is 334 g/mol. The number of aromatic nitrogens is 2. The summed E-state index contributed by atoms with van der Waals surface area (Å²) in [6.45, 7) is 5.55. The fourth-order valence-electron chi connectivity index (χ4n) is 2.86. The molecule has 6 heteroatoms. The van der Waals surface area contributed by atoms with Gasteiger partial charge >= 0.3 is 0 Å². The van der Waals surface area contributed by atoms with E-state index < -0.39 is 0 Å². The fraction of sp³-hybridized carbons (Fsp3) is 0.471. The van der Waals surface area contributed by atoms with Crippen molar-refractivity contribution in [3.8, 4) is 0 Å². The van der Waals surface area contributed by atoms with Gasteiger partial charge in [-0.05, 0) is 31.7 Å². The average Bonchev–Trinajstić information content (AvgIpc) is 3.01. The van der Waals surface area contributed by atoms with Gasteiger partial charge in [0, 0.05) is 30.9 Å². The summed E-state index contributed by atoms with van der Waals surface area (Å²) in [7, 11) is 2.13. The van der Waals surface area contributed by atoms with Crippen molar-refractivity contribution in [1.82, 2.24) is 14.7 Å². The second-order valence-electron chi connectivity index (χ2n) is 5.93. The summed E-state index contributed by atoms with van der Waals surface area (Å²) in [6.07, 6.45) is 3.97. The summed E-state index contributed by atoms with van der Waals surface area (Å²) in [6, 6.07) is 8.02. The van der Waals surface area contributed by atoms with Crippen molar-refractivity contribution in [2.75, 3.05) is 32.1 Å². The van der Waals surface area contributed by atoms with Gasteiger partial charge < -0.3 is 15.0 Å². The van der Waals surface area contributed by atoms with Crippen molar-refractivity contribution in [2.45, 2.75) is 25.6 Å². The van der Waals surface area contributed by atoms with Gasteiger partial charge in [0.05, 0.1) is 30.6 Å². The maximum Gasteiger partial charge on any atom is 0.0945 e. The van der Waals surface area contributed by atoms with Crippen LogP contribution in [0.25, 0.3) is 0 Å². The third-order valence-electron chi connectivity index (χ3n) is 4.18. The minimum atomic E-state index is 0.0597. The van der Waals surface area contributed by atoms with Crippen molar-refractivity contribution >= 4 is 17.3 Å². The molecule has 0 spiro atoms. The van der Waals surface area contributed by atoms with Crippen LogP contribution < -0.4 is 5.32 Å². The molecule has 3 rings (SSSR count).